The zero-order valence-corrected chi connectivity index (χ0v) is 15.7. The van der Waals surface area contributed by atoms with Crippen molar-refractivity contribution >= 4 is 21.7 Å². The molecule has 0 spiro atoms. The molecule has 0 aliphatic heterocycles. The number of benzene rings is 2. The number of nitrogens with one attached hydrogen (secondary N) is 1. The highest BCUT2D eigenvalue weighted by Gasteiger charge is 2.31. The van der Waals surface area contributed by atoms with Crippen LogP contribution < -0.4 is 5.32 Å². The number of ether oxygens (including phenoxy) is 1. The van der Waals surface area contributed by atoms with Crippen LogP contribution in [0, 0.1) is 0 Å². The SMILES string of the molecule is CS(=O)(=O)Cc1cccc(C(=O)OC(C(=O)NC2CC2)c2ccccc2)c1. The van der Waals surface area contributed by atoms with E-state index in [9.17, 15) is 18.0 Å². The van der Waals surface area contributed by atoms with Gasteiger partial charge >= 0.3 is 5.97 Å². The second kappa shape index (κ2) is 7.92. The number of carbonyl (C=O) groups is 2. The van der Waals surface area contributed by atoms with E-state index in [1.54, 1.807) is 36.4 Å². The highest BCUT2D eigenvalue weighted by atomic mass is 32.2. The number of rotatable bonds is 7. The Balaban J connectivity index is 1.79. The normalized spacial score (nSPS) is 15.0. The van der Waals surface area contributed by atoms with Crippen LogP contribution in [0.1, 0.15) is 40.4 Å². The van der Waals surface area contributed by atoms with Crippen molar-refractivity contribution in [1.29, 1.82) is 0 Å². The topological polar surface area (TPSA) is 89.5 Å². The Hall–Kier alpha value is -2.67. The fourth-order valence-electron chi connectivity index (χ4n) is 2.67. The van der Waals surface area contributed by atoms with Crippen molar-refractivity contribution in [2.75, 3.05) is 6.26 Å². The summed E-state index contributed by atoms with van der Waals surface area (Å²) < 4.78 is 28.4. The van der Waals surface area contributed by atoms with Gasteiger partial charge in [-0.25, -0.2) is 13.2 Å². The van der Waals surface area contributed by atoms with E-state index in [1.807, 2.05) is 6.07 Å². The molecular weight excluding hydrogens is 366 g/mol. The number of carbonyl (C=O) groups excluding carboxylic acids is 2. The minimum absolute atomic E-state index is 0.139. The van der Waals surface area contributed by atoms with Crippen LogP contribution in [0.3, 0.4) is 0 Å². The van der Waals surface area contributed by atoms with Crippen molar-refractivity contribution in [1.82, 2.24) is 5.32 Å². The van der Waals surface area contributed by atoms with Gasteiger partial charge in [0.05, 0.1) is 11.3 Å². The summed E-state index contributed by atoms with van der Waals surface area (Å²) in [5.41, 5.74) is 1.28. The van der Waals surface area contributed by atoms with Crippen LogP contribution in [-0.4, -0.2) is 32.6 Å². The molecule has 1 aliphatic rings. The fourth-order valence-corrected chi connectivity index (χ4v) is 3.46. The third kappa shape index (κ3) is 5.65. The van der Waals surface area contributed by atoms with Gasteiger partial charge in [-0.15, -0.1) is 0 Å². The van der Waals surface area contributed by atoms with Crippen LogP contribution in [-0.2, 0) is 25.1 Å². The van der Waals surface area contributed by atoms with Gasteiger partial charge in [0.1, 0.15) is 0 Å². The fraction of sp³-hybridized carbons (Fsp3) is 0.300. The number of esters is 1. The Kier molecular flexibility index (Phi) is 5.60. The lowest BCUT2D eigenvalue weighted by atomic mass is 10.1. The van der Waals surface area contributed by atoms with Crippen molar-refractivity contribution in [3.63, 3.8) is 0 Å². The summed E-state index contributed by atoms with van der Waals surface area (Å²) in [6.07, 6.45) is 1.92. The summed E-state index contributed by atoms with van der Waals surface area (Å²) in [5.74, 6) is -1.20. The number of sulfone groups is 1. The van der Waals surface area contributed by atoms with Crippen LogP contribution in [0.25, 0.3) is 0 Å². The summed E-state index contributed by atoms with van der Waals surface area (Å²) >= 11 is 0. The molecule has 1 fully saturated rings. The van der Waals surface area contributed by atoms with Crippen LogP contribution in [0.4, 0.5) is 0 Å². The lowest BCUT2D eigenvalue weighted by Crippen LogP contribution is -2.33. The van der Waals surface area contributed by atoms with Crippen molar-refractivity contribution < 1.29 is 22.7 Å². The highest BCUT2D eigenvalue weighted by molar-refractivity contribution is 7.89. The Labute approximate surface area is 158 Å². The number of amides is 1. The molecule has 6 nitrogen and oxygen atoms in total. The molecule has 1 aliphatic carbocycles. The maximum Gasteiger partial charge on any atom is 0.339 e. The molecule has 0 heterocycles. The van der Waals surface area contributed by atoms with Crippen molar-refractivity contribution in [2.24, 2.45) is 0 Å². The van der Waals surface area contributed by atoms with Crippen LogP contribution in [0.2, 0.25) is 0 Å². The zero-order chi connectivity index (χ0) is 19.4. The molecule has 1 amide bonds. The molecule has 2 aromatic carbocycles. The minimum atomic E-state index is -3.22. The van der Waals surface area contributed by atoms with Gasteiger partial charge in [0.25, 0.3) is 5.91 Å². The summed E-state index contributed by atoms with van der Waals surface area (Å²) in [4.78, 5) is 25.1. The molecule has 0 saturated heterocycles. The summed E-state index contributed by atoms with van der Waals surface area (Å²) in [7, 11) is -3.22. The first-order valence-electron chi connectivity index (χ1n) is 8.65. The second-order valence-electron chi connectivity index (χ2n) is 6.75. The van der Waals surface area contributed by atoms with Gasteiger partial charge in [-0.1, -0.05) is 42.5 Å². The predicted molar refractivity (Wildman–Crippen MR) is 101 cm³/mol. The quantitative estimate of drug-likeness (QED) is 0.737. The summed E-state index contributed by atoms with van der Waals surface area (Å²) in [6, 6.07) is 15.2. The molecule has 1 saturated carbocycles. The average molecular weight is 387 g/mol. The molecule has 1 N–H and O–H groups in total. The van der Waals surface area contributed by atoms with E-state index < -0.39 is 21.9 Å². The largest absolute Gasteiger partial charge is 0.444 e. The predicted octanol–water partition coefficient (Wildman–Crippen LogP) is 2.41. The Bertz CT molecular complexity index is 936. The first-order valence-corrected chi connectivity index (χ1v) is 10.7. The first kappa shape index (κ1) is 19.1. The number of hydrogen-bond donors (Lipinski definition) is 1. The monoisotopic (exact) mass is 387 g/mol. The lowest BCUT2D eigenvalue weighted by Gasteiger charge is -2.18. The molecule has 2 aromatic rings. The zero-order valence-electron chi connectivity index (χ0n) is 14.9. The average Bonchev–Trinajstić information content (AvgIpc) is 3.43. The molecule has 0 radical (unpaired) electrons. The van der Waals surface area contributed by atoms with E-state index in [4.69, 9.17) is 4.74 Å². The van der Waals surface area contributed by atoms with Crippen molar-refractivity contribution in [3.8, 4) is 0 Å². The van der Waals surface area contributed by atoms with E-state index in [0.29, 0.717) is 11.1 Å². The molecule has 142 valence electrons. The van der Waals surface area contributed by atoms with E-state index in [-0.39, 0.29) is 23.3 Å². The summed E-state index contributed by atoms with van der Waals surface area (Å²) in [5, 5.41) is 2.86. The van der Waals surface area contributed by atoms with E-state index >= 15 is 0 Å². The summed E-state index contributed by atoms with van der Waals surface area (Å²) in [6.45, 7) is 0. The van der Waals surface area contributed by atoms with Gasteiger partial charge in [0.2, 0.25) is 6.10 Å². The van der Waals surface area contributed by atoms with E-state index in [2.05, 4.69) is 5.32 Å². The first-order chi connectivity index (χ1) is 12.8. The lowest BCUT2D eigenvalue weighted by molar-refractivity contribution is -0.130. The molecule has 1 unspecified atom stereocenters. The molecule has 3 rings (SSSR count). The minimum Gasteiger partial charge on any atom is -0.444 e. The van der Waals surface area contributed by atoms with Crippen molar-refractivity contribution in [3.05, 3.63) is 71.3 Å². The highest BCUT2D eigenvalue weighted by Crippen LogP contribution is 2.24. The Morgan fingerprint density at radius 1 is 1.11 bits per heavy atom. The second-order valence-corrected chi connectivity index (χ2v) is 8.89. The maximum absolute atomic E-state index is 12.6. The molecular formula is C20H21NO5S. The molecule has 1 atom stereocenters. The standard InChI is InChI=1S/C20H21NO5S/c1-27(24,25)13-14-6-5-9-16(12-14)20(23)26-18(15-7-3-2-4-8-15)19(22)21-17-10-11-17/h2-9,12,17-18H,10-11,13H2,1H3,(H,21,22). The maximum atomic E-state index is 12.6. The van der Waals surface area contributed by atoms with Crippen molar-refractivity contribution in [2.45, 2.75) is 30.7 Å². The third-order valence-corrected chi connectivity index (χ3v) is 4.94. The third-order valence-electron chi connectivity index (χ3n) is 4.08. The van der Waals surface area contributed by atoms with Crippen LogP contribution >= 0.6 is 0 Å². The molecule has 0 aromatic heterocycles. The molecule has 27 heavy (non-hydrogen) atoms. The van der Waals surface area contributed by atoms with Gasteiger partial charge in [-0.3, -0.25) is 4.79 Å². The van der Waals surface area contributed by atoms with Gasteiger partial charge in [-0.2, -0.15) is 0 Å². The Morgan fingerprint density at radius 3 is 2.44 bits per heavy atom. The molecule has 0 bridgehead atoms. The smallest absolute Gasteiger partial charge is 0.339 e. The van der Waals surface area contributed by atoms with Gasteiger partial charge in [-0.05, 0) is 30.5 Å². The van der Waals surface area contributed by atoms with E-state index in [0.717, 1.165) is 19.1 Å². The van der Waals surface area contributed by atoms with Crippen LogP contribution in [0.5, 0.6) is 0 Å². The van der Waals surface area contributed by atoms with Gasteiger partial charge in [0, 0.05) is 17.9 Å². The number of hydrogen-bond acceptors (Lipinski definition) is 5. The molecule has 7 heteroatoms. The Morgan fingerprint density at radius 2 is 1.81 bits per heavy atom. The van der Waals surface area contributed by atoms with Crippen LogP contribution in [0.15, 0.2) is 54.6 Å². The van der Waals surface area contributed by atoms with E-state index in [1.165, 1.54) is 12.1 Å². The van der Waals surface area contributed by atoms with Gasteiger partial charge < -0.3 is 10.1 Å². The van der Waals surface area contributed by atoms with Gasteiger partial charge in [0.15, 0.2) is 9.84 Å².